The van der Waals surface area contributed by atoms with Gasteiger partial charge in [-0.25, -0.2) is 15.1 Å². The van der Waals surface area contributed by atoms with Gasteiger partial charge >= 0.3 is 13.5 Å². The fourth-order valence-corrected chi connectivity index (χ4v) is 6.72. The SMILES string of the molecule is COc1ccc(Sc2nc(N)nc3c2ncn3CCOCP(=O)(N[C@H](C)C(=O)OC(C)C)Oc2ccc3c(c2)OCO3)cc1. The number of benzene rings is 2. The van der Waals surface area contributed by atoms with Gasteiger partial charge in [0.25, 0.3) is 0 Å². The number of hydrogen-bond donors (Lipinski definition) is 2. The molecular formula is C28H33N6O8PS. The second-order valence-corrected chi connectivity index (χ2v) is 13.0. The molecule has 1 aliphatic heterocycles. The first-order valence-corrected chi connectivity index (χ1v) is 16.3. The third kappa shape index (κ3) is 7.72. The number of carbonyl (C=O) groups is 1. The monoisotopic (exact) mass is 644 g/mol. The summed E-state index contributed by atoms with van der Waals surface area (Å²) in [5.41, 5.74) is 7.14. The van der Waals surface area contributed by atoms with Gasteiger partial charge in [-0.3, -0.25) is 9.36 Å². The van der Waals surface area contributed by atoms with Crippen molar-refractivity contribution in [1.29, 1.82) is 0 Å². The highest BCUT2D eigenvalue weighted by atomic mass is 32.2. The highest BCUT2D eigenvalue weighted by Gasteiger charge is 2.32. The Hall–Kier alpha value is -4.04. The minimum Gasteiger partial charge on any atom is -0.497 e. The molecular weight excluding hydrogens is 611 g/mol. The molecule has 14 nitrogen and oxygen atoms in total. The standard InChI is InChI=1S/C28H33N6O8PS/c1-17(2)41-27(35)18(3)33-43(36,42-20-7-10-22-23(13-20)40-15-39-22)16-38-12-11-34-14-30-24-25(34)31-28(29)32-26(24)44-21-8-5-19(37-4)6-9-21/h5-10,13-14,17-18H,11-12,15-16H2,1-4H3,(H,33,36)(H2,29,31,32)/t18-,43?/m1/s1. The van der Waals surface area contributed by atoms with Gasteiger partial charge in [0.05, 0.1) is 26.1 Å². The van der Waals surface area contributed by atoms with Crippen molar-refractivity contribution in [2.45, 2.75) is 49.4 Å². The summed E-state index contributed by atoms with van der Waals surface area (Å²) in [6.07, 6.45) is 0.934. The largest absolute Gasteiger partial charge is 0.497 e. The van der Waals surface area contributed by atoms with Gasteiger partial charge in [0.1, 0.15) is 34.4 Å². The number of methoxy groups -OCH3 is 1. The van der Waals surface area contributed by atoms with Gasteiger partial charge in [-0.2, -0.15) is 4.98 Å². The summed E-state index contributed by atoms with van der Waals surface area (Å²) in [5.74, 6) is 1.54. The van der Waals surface area contributed by atoms with E-state index in [2.05, 4.69) is 20.0 Å². The number of hydrogen-bond acceptors (Lipinski definition) is 13. The first-order chi connectivity index (χ1) is 21.1. The Morgan fingerprint density at radius 3 is 2.61 bits per heavy atom. The van der Waals surface area contributed by atoms with Crippen LogP contribution in [0.5, 0.6) is 23.0 Å². The van der Waals surface area contributed by atoms with Crippen LogP contribution in [0.25, 0.3) is 11.2 Å². The van der Waals surface area contributed by atoms with Crippen molar-refractivity contribution < 1.29 is 37.6 Å². The van der Waals surface area contributed by atoms with Crippen molar-refractivity contribution in [3.63, 3.8) is 0 Å². The van der Waals surface area contributed by atoms with Gasteiger partial charge < -0.3 is 38.5 Å². The van der Waals surface area contributed by atoms with Crippen molar-refractivity contribution >= 4 is 42.4 Å². The quantitative estimate of drug-likeness (QED) is 0.0852. The molecule has 1 aliphatic rings. The summed E-state index contributed by atoms with van der Waals surface area (Å²) in [6.45, 7) is 5.53. The predicted molar refractivity (Wildman–Crippen MR) is 162 cm³/mol. The first-order valence-electron chi connectivity index (χ1n) is 13.7. The maximum atomic E-state index is 14.0. The number of imidazole rings is 1. The first kappa shape index (κ1) is 31.4. The molecule has 0 amide bonds. The third-order valence-electron chi connectivity index (χ3n) is 6.15. The van der Waals surface area contributed by atoms with E-state index in [-0.39, 0.29) is 37.5 Å². The molecule has 2 aromatic heterocycles. The Kier molecular flexibility index (Phi) is 9.79. The van der Waals surface area contributed by atoms with Crippen LogP contribution in [-0.4, -0.2) is 64.5 Å². The van der Waals surface area contributed by atoms with Crippen LogP contribution >= 0.6 is 19.3 Å². The van der Waals surface area contributed by atoms with E-state index in [1.807, 2.05) is 24.3 Å². The van der Waals surface area contributed by atoms with Crippen LogP contribution in [-0.2, 0) is 25.4 Å². The van der Waals surface area contributed by atoms with E-state index in [1.165, 1.54) is 11.8 Å². The van der Waals surface area contributed by atoms with E-state index in [9.17, 15) is 9.36 Å². The van der Waals surface area contributed by atoms with Crippen molar-refractivity contribution in [2.24, 2.45) is 0 Å². The van der Waals surface area contributed by atoms with Crippen LogP contribution < -0.4 is 29.6 Å². The number of nitrogens with two attached hydrogens (primary N) is 1. The van der Waals surface area contributed by atoms with Crippen molar-refractivity contribution in [1.82, 2.24) is 24.6 Å². The Balaban J connectivity index is 1.27. The molecule has 2 atom stereocenters. The van der Waals surface area contributed by atoms with Gasteiger partial charge in [-0.15, -0.1) is 0 Å². The van der Waals surface area contributed by atoms with Crippen molar-refractivity contribution in [3.05, 3.63) is 48.8 Å². The van der Waals surface area contributed by atoms with Crippen LogP contribution in [0.1, 0.15) is 20.8 Å². The molecule has 1 unspecified atom stereocenters. The van der Waals surface area contributed by atoms with E-state index < -0.39 is 19.5 Å². The lowest BCUT2D eigenvalue weighted by Crippen LogP contribution is -2.36. The summed E-state index contributed by atoms with van der Waals surface area (Å²) in [6, 6.07) is 11.4. The Bertz CT molecular complexity index is 1670. The number of ether oxygens (including phenoxy) is 5. The molecule has 234 valence electrons. The van der Waals surface area contributed by atoms with E-state index in [1.54, 1.807) is 57.0 Å². The number of rotatable bonds is 14. The number of fused-ring (bicyclic) bond motifs is 2. The number of carbonyl (C=O) groups excluding carboxylic acids is 1. The number of nitrogens with zero attached hydrogens (tertiary/aromatic N) is 4. The molecule has 5 rings (SSSR count). The number of nitrogen functional groups attached to an aromatic ring is 1. The molecule has 0 aliphatic carbocycles. The number of anilines is 1. The topological polar surface area (TPSA) is 171 Å². The molecule has 0 saturated heterocycles. The highest BCUT2D eigenvalue weighted by Crippen LogP contribution is 2.46. The zero-order chi connectivity index (χ0) is 31.3. The molecule has 4 aromatic rings. The van der Waals surface area contributed by atoms with Crippen molar-refractivity contribution in [3.8, 4) is 23.0 Å². The minimum atomic E-state index is -3.79. The summed E-state index contributed by atoms with van der Waals surface area (Å²) < 4.78 is 48.6. The maximum absolute atomic E-state index is 14.0. The second-order valence-electron chi connectivity index (χ2n) is 9.93. The third-order valence-corrected chi connectivity index (χ3v) is 8.95. The highest BCUT2D eigenvalue weighted by molar-refractivity contribution is 7.99. The van der Waals surface area contributed by atoms with Gasteiger partial charge in [-0.05, 0) is 57.2 Å². The predicted octanol–water partition coefficient (Wildman–Crippen LogP) is 4.47. The molecule has 0 bridgehead atoms. The van der Waals surface area contributed by atoms with Gasteiger partial charge in [0.15, 0.2) is 17.1 Å². The average molecular weight is 645 g/mol. The van der Waals surface area contributed by atoms with Crippen LogP contribution in [0.2, 0.25) is 0 Å². The van der Waals surface area contributed by atoms with E-state index >= 15 is 0 Å². The van der Waals surface area contributed by atoms with Crippen LogP contribution in [0.3, 0.4) is 0 Å². The van der Waals surface area contributed by atoms with Gasteiger partial charge in [0.2, 0.25) is 12.7 Å². The Morgan fingerprint density at radius 1 is 1.11 bits per heavy atom. The maximum Gasteiger partial charge on any atom is 0.342 e. The Labute approximate surface area is 258 Å². The summed E-state index contributed by atoms with van der Waals surface area (Å²) in [7, 11) is -2.18. The normalized spacial score (nSPS) is 14.4. The second kappa shape index (κ2) is 13.7. The fourth-order valence-electron chi connectivity index (χ4n) is 4.15. The molecule has 16 heteroatoms. The van der Waals surface area contributed by atoms with E-state index in [0.29, 0.717) is 34.2 Å². The van der Waals surface area contributed by atoms with Crippen LogP contribution in [0, 0.1) is 0 Å². The molecule has 2 aromatic carbocycles. The number of aromatic nitrogens is 4. The number of esters is 1. The molecule has 0 radical (unpaired) electrons. The average Bonchev–Trinajstić information content (AvgIpc) is 3.62. The molecule has 0 saturated carbocycles. The lowest BCUT2D eigenvalue weighted by Gasteiger charge is -2.24. The molecule has 0 spiro atoms. The van der Waals surface area contributed by atoms with Crippen molar-refractivity contribution in [2.75, 3.05) is 32.6 Å². The summed E-state index contributed by atoms with van der Waals surface area (Å²) in [4.78, 5) is 26.6. The van der Waals surface area contributed by atoms with Crippen LogP contribution in [0.15, 0.2) is 58.7 Å². The summed E-state index contributed by atoms with van der Waals surface area (Å²) in [5, 5.41) is 3.38. The lowest BCUT2D eigenvalue weighted by atomic mass is 10.3. The van der Waals surface area contributed by atoms with E-state index in [0.717, 1.165) is 10.6 Å². The summed E-state index contributed by atoms with van der Waals surface area (Å²) >= 11 is 1.41. The number of nitrogens with one attached hydrogen (secondary N) is 1. The van der Waals surface area contributed by atoms with E-state index in [4.69, 9.17) is 33.9 Å². The lowest BCUT2D eigenvalue weighted by molar-refractivity contribution is -0.149. The van der Waals surface area contributed by atoms with Crippen LogP contribution in [0.4, 0.5) is 5.95 Å². The van der Waals surface area contributed by atoms with Gasteiger partial charge in [-0.1, -0.05) is 11.8 Å². The zero-order valence-electron chi connectivity index (χ0n) is 24.6. The minimum absolute atomic E-state index is 0.0804. The Morgan fingerprint density at radius 2 is 1.86 bits per heavy atom. The molecule has 3 heterocycles. The van der Waals surface area contributed by atoms with Gasteiger partial charge in [0, 0.05) is 17.5 Å². The molecule has 3 N–H and O–H groups in total. The zero-order valence-corrected chi connectivity index (χ0v) is 26.3. The fraction of sp³-hybridized carbons (Fsp3) is 0.357. The smallest absolute Gasteiger partial charge is 0.342 e. The molecule has 44 heavy (non-hydrogen) atoms. The molecule has 0 fully saturated rings.